The standard InChI is InChI=1S/C15H27N3O6S3.ClH/c1-4-6-17-13-10-18(7-5-8-24-11(2)23-3)27(21,22)15-12(13)9-14(25-15)26(16,19)20;/h9,11,13,17H,4-8,10H2,1-3H3,(H2,16,19,20);1H. The lowest BCUT2D eigenvalue weighted by molar-refractivity contribution is -0.111. The number of methoxy groups -OCH3 is 1. The molecule has 13 heteroatoms. The van der Waals surface area contributed by atoms with Crippen LogP contribution in [0.1, 0.15) is 38.3 Å². The van der Waals surface area contributed by atoms with Gasteiger partial charge in [0.05, 0.1) is 6.61 Å². The van der Waals surface area contributed by atoms with Crippen molar-refractivity contribution >= 4 is 43.8 Å². The van der Waals surface area contributed by atoms with Crippen molar-refractivity contribution in [2.45, 2.75) is 47.4 Å². The second-order valence-electron chi connectivity index (χ2n) is 6.25. The molecule has 1 aromatic rings. The largest absolute Gasteiger partial charge is 0.356 e. The molecule has 1 aliphatic rings. The number of hydrogen-bond donors (Lipinski definition) is 2. The highest BCUT2D eigenvalue weighted by atomic mass is 35.5. The molecule has 164 valence electrons. The van der Waals surface area contributed by atoms with Gasteiger partial charge in [0.2, 0.25) is 10.0 Å². The second-order valence-corrected chi connectivity index (χ2v) is 11.2. The van der Waals surface area contributed by atoms with Gasteiger partial charge < -0.3 is 14.8 Å². The molecule has 0 fully saturated rings. The fourth-order valence-corrected chi connectivity index (χ4v) is 7.04. The minimum absolute atomic E-state index is 0. The van der Waals surface area contributed by atoms with Gasteiger partial charge in [-0.2, -0.15) is 4.31 Å². The van der Waals surface area contributed by atoms with Gasteiger partial charge in [0.15, 0.2) is 6.29 Å². The van der Waals surface area contributed by atoms with Gasteiger partial charge >= 0.3 is 0 Å². The average molecular weight is 478 g/mol. The van der Waals surface area contributed by atoms with E-state index in [0.717, 1.165) is 6.42 Å². The third-order valence-electron chi connectivity index (χ3n) is 4.20. The number of rotatable bonds is 10. The molecule has 1 aromatic heterocycles. The second kappa shape index (κ2) is 10.6. The van der Waals surface area contributed by atoms with E-state index in [9.17, 15) is 16.8 Å². The number of nitrogens with one attached hydrogen (secondary N) is 1. The molecular weight excluding hydrogens is 450 g/mol. The molecule has 1 aliphatic heterocycles. The molecule has 0 bridgehead atoms. The Kier molecular flexibility index (Phi) is 9.78. The maximum Gasteiger partial charge on any atom is 0.252 e. The quantitative estimate of drug-likeness (QED) is 0.383. The molecule has 0 amide bonds. The summed E-state index contributed by atoms with van der Waals surface area (Å²) in [4.78, 5) is 0. The van der Waals surface area contributed by atoms with Crippen LogP contribution in [-0.4, -0.2) is 60.8 Å². The average Bonchev–Trinajstić information content (AvgIpc) is 3.06. The predicted molar refractivity (Wildman–Crippen MR) is 110 cm³/mol. The zero-order chi connectivity index (χ0) is 20.2. The number of nitrogens with zero attached hydrogens (tertiary/aromatic N) is 1. The number of ether oxygens (including phenoxy) is 2. The monoisotopic (exact) mass is 477 g/mol. The highest BCUT2D eigenvalue weighted by molar-refractivity contribution is 7.94. The van der Waals surface area contributed by atoms with Crippen molar-refractivity contribution in [2.24, 2.45) is 5.14 Å². The van der Waals surface area contributed by atoms with Crippen LogP contribution in [0.15, 0.2) is 14.5 Å². The topological polar surface area (TPSA) is 128 Å². The van der Waals surface area contributed by atoms with Crippen LogP contribution < -0.4 is 10.5 Å². The van der Waals surface area contributed by atoms with Crippen LogP contribution in [0.4, 0.5) is 0 Å². The Bertz CT molecular complexity index is 843. The molecule has 0 spiro atoms. The molecule has 0 radical (unpaired) electrons. The predicted octanol–water partition coefficient (Wildman–Crippen LogP) is 1.26. The molecule has 0 saturated carbocycles. The van der Waals surface area contributed by atoms with Gasteiger partial charge in [-0.1, -0.05) is 6.92 Å². The molecule has 3 N–H and O–H groups in total. The number of primary sulfonamides is 1. The van der Waals surface area contributed by atoms with Gasteiger partial charge in [-0.3, -0.25) is 0 Å². The fourth-order valence-electron chi connectivity index (χ4n) is 2.73. The first kappa shape index (κ1) is 25.7. The van der Waals surface area contributed by atoms with E-state index >= 15 is 0 Å². The molecule has 0 aliphatic carbocycles. The molecular formula is C15H28ClN3O6S3. The molecule has 0 aromatic carbocycles. The van der Waals surface area contributed by atoms with Crippen molar-refractivity contribution in [2.75, 3.05) is 33.4 Å². The zero-order valence-corrected chi connectivity index (χ0v) is 19.3. The Hall–Kier alpha value is -0.310. The van der Waals surface area contributed by atoms with E-state index in [1.807, 2.05) is 6.92 Å². The van der Waals surface area contributed by atoms with Crippen molar-refractivity contribution in [3.63, 3.8) is 0 Å². The first-order valence-corrected chi connectivity index (χ1v) is 12.5. The lowest BCUT2D eigenvalue weighted by atomic mass is 10.1. The lowest BCUT2D eigenvalue weighted by Gasteiger charge is -2.32. The van der Waals surface area contributed by atoms with Crippen LogP contribution in [0.3, 0.4) is 0 Å². The summed E-state index contributed by atoms with van der Waals surface area (Å²) in [6.07, 6.45) is 1.01. The fraction of sp³-hybridized carbons (Fsp3) is 0.733. The molecule has 28 heavy (non-hydrogen) atoms. The first-order valence-electron chi connectivity index (χ1n) is 8.65. The third-order valence-corrected chi connectivity index (χ3v) is 9.16. The van der Waals surface area contributed by atoms with Crippen LogP contribution in [0, 0.1) is 0 Å². The van der Waals surface area contributed by atoms with Crippen LogP contribution >= 0.6 is 23.7 Å². The highest BCUT2D eigenvalue weighted by Crippen LogP contribution is 2.39. The SMILES string of the molecule is CCCNC1CN(CCCOC(C)OC)S(=O)(=O)c2sc(S(N)(=O)=O)cc21.Cl. The van der Waals surface area contributed by atoms with Crippen molar-refractivity contribution in [3.05, 3.63) is 11.6 Å². The van der Waals surface area contributed by atoms with Crippen LogP contribution in [-0.2, 0) is 29.5 Å². The lowest BCUT2D eigenvalue weighted by Crippen LogP contribution is -2.44. The summed E-state index contributed by atoms with van der Waals surface area (Å²) in [5.74, 6) is 0. The van der Waals surface area contributed by atoms with Gasteiger partial charge in [0.25, 0.3) is 10.0 Å². The summed E-state index contributed by atoms with van der Waals surface area (Å²) in [6.45, 7) is 5.31. The van der Waals surface area contributed by atoms with Gasteiger partial charge in [-0.15, -0.1) is 23.7 Å². The maximum atomic E-state index is 13.0. The Morgan fingerprint density at radius 1 is 1.46 bits per heavy atom. The normalized spacial score (nSPS) is 20.4. The van der Waals surface area contributed by atoms with E-state index in [0.29, 0.717) is 36.5 Å². The van der Waals surface area contributed by atoms with Crippen molar-refractivity contribution in [1.82, 2.24) is 9.62 Å². The van der Waals surface area contributed by atoms with Gasteiger partial charge in [-0.05, 0) is 32.4 Å². The van der Waals surface area contributed by atoms with E-state index in [2.05, 4.69) is 5.32 Å². The molecule has 2 heterocycles. The summed E-state index contributed by atoms with van der Waals surface area (Å²) in [7, 11) is -6.22. The van der Waals surface area contributed by atoms with Gasteiger partial charge in [-0.25, -0.2) is 22.0 Å². The Labute approximate surface area is 177 Å². The van der Waals surface area contributed by atoms with Crippen molar-refractivity contribution < 1.29 is 26.3 Å². The Morgan fingerprint density at radius 2 is 2.14 bits per heavy atom. The number of sulfonamides is 2. The van der Waals surface area contributed by atoms with Crippen molar-refractivity contribution in [1.29, 1.82) is 0 Å². The summed E-state index contributed by atoms with van der Waals surface area (Å²) in [5.41, 5.74) is 0.470. The molecule has 2 atom stereocenters. The Morgan fingerprint density at radius 3 is 2.71 bits per heavy atom. The number of fused-ring (bicyclic) bond motifs is 1. The first-order chi connectivity index (χ1) is 12.6. The summed E-state index contributed by atoms with van der Waals surface area (Å²) in [5, 5.41) is 8.49. The van der Waals surface area contributed by atoms with Crippen molar-refractivity contribution in [3.8, 4) is 0 Å². The van der Waals surface area contributed by atoms with E-state index in [-0.39, 0.29) is 46.2 Å². The molecule has 2 unspecified atom stereocenters. The molecule has 0 saturated heterocycles. The van der Waals surface area contributed by atoms with E-state index in [1.165, 1.54) is 17.5 Å². The third kappa shape index (κ3) is 6.09. The van der Waals surface area contributed by atoms with E-state index in [1.54, 1.807) is 6.92 Å². The maximum absolute atomic E-state index is 13.0. The summed E-state index contributed by atoms with van der Waals surface area (Å²) < 4.78 is 61.0. The zero-order valence-electron chi connectivity index (χ0n) is 16.1. The number of hydrogen-bond acceptors (Lipinski definition) is 8. The number of halogens is 1. The van der Waals surface area contributed by atoms with E-state index < -0.39 is 20.0 Å². The van der Waals surface area contributed by atoms with Gasteiger partial charge in [0, 0.05) is 31.8 Å². The van der Waals surface area contributed by atoms with Crippen LogP contribution in [0.2, 0.25) is 0 Å². The van der Waals surface area contributed by atoms with Crippen LogP contribution in [0.5, 0.6) is 0 Å². The Balaban J connectivity index is 0.00000392. The molecule has 9 nitrogen and oxygen atoms in total. The molecule has 2 rings (SSSR count). The number of thiophene rings is 1. The summed E-state index contributed by atoms with van der Waals surface area (Å²) >= 11 is 0.704. The smallest absolute Gasteiger partial charge is 0.252 e. The minimum Gasteiger partial charge on any atom is -0.356 e. The van der Waals surface area contributed by atoms with E-state index in [4.69, 9.17) is 14.6 Å². The minimum atomic E-state index is -3.97. The number of nitrogens with two attached hydrogens (primary N) is 1. The summed E-state index contributed by atoms with van der Waals surface area (Å²) in [6, 6.07) is 1.09. The van der Waals surface area contributed by atoms with Crippen LogP contribution in [0.25, 0.3) is 0 Å². The van der Waals surface area contributed by atoms with Gasteiger partial charge in [0.1, 0.15) is 8.42 Å². The highest BCUT2D eigenvalue weighted by Gasteiger charge is 2.39.